The summed E-state index contributed by atoms with van der Waals surface area (Å²) in [6, 6.07) is 9.40. The van der Waals surface area contributed by atoms with Crippen molar-refractivity contribution >= 4 is 17.2 Å². The van der Waals surface area contributed by atoms with Crippen molar-refractivity contribution in [3.63, 3.8) is 0 Å². The van der Waals surface area contributed by atoms with E-state index in [0.29, 0.717) is 5.01 Å². The lowest BCUT2D eigenvalue weighted by molar-refractivity contribution is -0.389. The molecule has 0 unspecified atom stereocenters. The second-order valence-electron chi connectivity index (χ2n) is 2.63. The molecule has 0 N–H and O–H groups in total. The maximum absolute atomic E-state index is 10.4. The third-order valence-electron chi connectivity index (χ3n) is 1.70. The van der Waals surface area contributed by atoms with Gasteiger partial charge in [-0.25, -0.2) is 0 Å². The number of nitro groups is 1. The number of rotatable bonds is 2. The van der Waals surface area contributed by atoms with Crippen LogP contribution in [0, 0.1) is 10.1 Å². The van der Waals surface area contributed by atoms with Gasteiger partial charge in [0.1, 0.15) is 0 Å². The highest BCUT2D eigenvalue weighted by Gasteiger charge is 2.14. The lowest BCUT2D eigenvalue weighted by atomic mass is 10.2. The third-order valence-corrected chi connectivity index (χ3v) is 2.58. The first kappa shape index (κ1) is 8.83. The van der Waals surface area contributed by atoms with Gasteiger partial charge in [-0.05, 0) is 22.0 Å². The molecule has 70 valence electrons. The average molecular weight is 206 g/mol. The molecule has 1 aromatic carbocycles. The summed E-state index contributed by atoms with van der Waals surface area (Å²) in [5, 5.41) is 12.5. The summed E-state index contributed by atoms with van der Waals surface area (Å²) in [4.78, 5) is 13.8. The third kappa shape index (κ3) is 1.62. The smallest absolute Gasteiger partial charge is 0.358 e. The number of thiazole rings is 1. The Balaban J connectivity index is 2.39. The van der Waals surface area contributed by atoms with Crippen LogP contribution in [-0.2, 0) is 0 Å². The SMILES string of the molecule is O=[N+]([O-])c1csc(-c2ccccc2)n1. The highest BCUT2D eigenvalue weighted by Crippen LogP contribution is 2.26. The van der Waals surface area contributed by atoms with E-state index in [0.717, 1.165) is 5.56 Å². The van der Waals surface area contributed by atoms with E-state index in [1.165, 1.54) is 16.7 Å². The molecule has 0 saturated heterocycles. The number of nitrogens with zero attached hydrogens (tertiary/aromatic N) is 2. The van der Waals surface area contributed by atoms with Crippen molar-refractivity contribution in [2.75, 3.05) is 0 Å². The summed E-state index contributed by atoms with van der Waals surface area (Å²) in [5.41, 5.74) is 0.908. The van der Waals surface area contributed by atoms with Crippen LogP contribution < -0.4 is 0 Å². The first-order chi connectivity index (χ1) is 6.77. The number of aromatic nitrogens is 1. The molecular formula is C9H6N2O2S. The topological polar surface area (TPSA) is 56.0 Å². The van der Waals surface area contributed by atoms with Crippen LogP contribution in [0.5, 0.6) is 0 Å². The Bertz CT molecular complexity index is 453. The Kier molecular flexibility index (Phi) is 2.24. The van der Waals surface area contributed by atoms with Gasteiger partial charge in [0.05, 0.1) is 5.38 Å². The summed E-state index contributed by atoms with van der Waals surface area (Å²) in [7, 11) is 0. The molecule has 0 amide bonds. The quantitative estimate of drug-likeness (QED) is 0.560. The van der Waals surface area contributed by atoms with E-state index >= 15 is 0 Å². The van der Waals surface area contributed by atoms with E-state index in [2.05, 4.69) is 4.98 Å². The van der Waals surface area contributed by atoms with E-state index in [1.54, 1.807) is 0 Å². The monoisotopic (exact) mass is 206 g/mol. The highest BCUT2D eigenvalue weighted by atomic mass is 32.1. The average Bonchev–Trinajstić information content (AvgIpc) is 2.68. The van der Waals surface area contributed by atoms with E-state index in [1.807, 2.05) is 30.3 Å². The molecule has 2 aromatic rings. The standard InChI is InChI=1S/C9H6N2O2S/c12-11(13)8-6-14-9(10-8)7-4-2-1-3-5-7/h1-6H. The summed E-state index contributed by atoms with van der Waals surface area (Å²) >= 11 is 1.28. The van der Waals surface area contributed by atoms with Gasteiger partial charge in [-0.2, -0.15) is 0 Å². The Morgan fingerprint density at radius 2 is 2.00 bits per heavy atom. The first-order valence-electron chi connectivity index (χ1n) is 3.93. The van der Waals surface area contributed by atoms with Crippen molar-refractivity contribution in [2.24, 2.45) is 0 Å². The summed E-state index contributed by atoms with van der Waals surface area (Å²) in [5.74, 6) is -0.0890. The fourth-order valence-corrected chi connectivity index (χ4v) is 1.84. The van der Waals surface area contributed by atoms with Crippen LogP contribution in [0.25, 0.3) is 10.6 Å². The molecule has 14 heavy (non-hydrogen) atoms. The van der Waals surface area contributed by atoms with Gasteiger partial charge < -0.3 is 10.1 Å². The predicted molar refractivity (Wildman–Crippen MR) is 54.2 cm³/mol. The summed E-state index contributed by atoms with van der Waals surface area (Å²) < 4.78 is 0. The number of benzene rings is 1. The zero-order valence-corrected chi connectivity index (χ0v) is 7.90. The van der Waals surface area contributed by atoms with Crippen molar-refractivity contribution in [1.29, 1.82) is 0 Å². The summed E-state index contributed by atoms with van der Waals surface area (Å²) in [6.45, 7) is 0. The second-order valence-corrected chi connectivity index (χ2v) is 3.49. The normalized spacial score (nSPS) is 10.0. The van der Waals surface area contributed by atoms with Gasteiger partial charge in [0.25, 0.3) is 0 Å². The molecule has 0 radical (unpaired) electrons. The molecule has 0 spiro atoms. The highest BCUT2D eigenvalue weighted by molar-refractivity contribution is 7.13. The van der Waals surface area contributed by atoms with Gasteiger partial charge in [0.2, 0.25) is 5.01 Å². The Hall–Kier alpha value is -1.75. The largest absolute Gasteiger partial charge is 0.375 e. The maximum Gasteiger partial charge on any atom is 0.375 e. The van der Waals surface area contributed by atoms with Gasteiger partial charge in [-0.1, -0.05) is 29.5 Å². The molecule has 0 fully saturated rings. The molecule has 0 aliphatic rings. The Labute approximate surface area is 84.0 Å². The van der Waals surface area contributed by atoms with Crippen molar-refractivity contribution in [3.05, 3.63) is 45.8 Å². The molecule has 0 atom stereocenters. The van der Waals surface area contributed by atoms with Crippen LogP contribution in [0.3, 0.4) is 0 Å². The molecule has 4 nitrogen and oxygen atoms in total. The van der Waals surface area contributed by atoms with Gasteiger partial charge in [-0.15, -0.1) is 0 Å². The van der Waals surface area contributed by atoms with Gasteiger partial charge in [-0.3, -0.25) is 0 Å². The minimum Gasteiger partial charge on any atom is -0.358 e. The zero-order valence-electron chi connectivity index (χ0n) is 7.08. The number of hydrogen-bond donors (Lipinski definition) is 0. The molecule has 1 aromatic heterocycles. The maximum atomic E-state index is 10.4. The fraction of sp³-hybridized carbons (Fsp3) is 0. The van der Waals surface area contributed by atoms with Crippen molar-refractivity contribution in [2.45, 2.75) is 0 Å². The lowest BCUT2D eigenvalue weighted by Gasteiger charge is -1.88. The van der Waals surface area contributed by atoms with E-state index < -0.39 is 4.92 Å². The Morgan fingerprint density at radius 3 is 2.57 bits per heavy atom. The molecule has 0 aliphatic heterocycles. The van der Waals surface area contributed by atoms with Crippen LogP contribution in [0.1, 0.15) is 0 Å². The Morgan fingerprint density at radius 1 is 1.29 bits per heavy atom. The second kappa shape index (κ2) is 3.55. The van der Waals surface area contributed by atoms with E-state index in [9.17, 15) is 10.1 Å². The number of hydrogen-bond acceptors (Lipinski definition) is 4. The van der Waals surface area contributed by atoms with Gasteiger partial charge in [0, 0.05) is 5.56 Å². The van der Waals surface area contributed by atoms with Crippen LogP contribution in [0.4, 0.5) is 5.82 Å². The summed E-state index contributed by atoms with van der Waals surface area (Å²) in [6.07, 6.45) is 0. The van der Waals surface area contributed by atoms with Crippen LogP contribution in [0.15, 0.2) is 35.7 Å². The first-order valence-corrected chi connectivity index (χ1v) is 4.80. The predicted octanol–water partition coefficient (Wildman–Crippen LogP) is 2.72. The van der Waals surface area contributed by atoms with Crippen molar-refractivity contribution in [3.8, 4) is 10.6 Å². The van der Waals surface area contributed by atoms with E-state index in [4.69, 9.17) is 0 Å². The minimum absolute atomic E-state index is 0.0890. The minimum atomic E-state index is -0.483. The van der Waals surface area contributed by atoms with Crippen molar-refractivity contribution in [1.82, 2.24) is 4.98 Å². The fourth-order valence-electron chi connectivity index (χ4n) is 1.06. The van der Waals surface area contributed by atoms with Gasteiger partial charge in [0.15, 0.2) is 0 Å². The van der Waals surface area contributed by atoms with Gasteiger partial charge >= 0.3 is 5.82 Å². The molecule has 2 rings (SSSR count). The lowest BCUT2D eigenvalue weighted by Crippen LogP contribution is -1.86. The zero-order chi connectivity index (χ0) is 9.97. The molecule has 0 saturated carbocycles. The molecule has 0 aliphatic carbocycles. The molecule has 0 bridgehead atoms. The van der Waals surface area contributed by atoms with Crippen LogP contribution in [0.2, 0.25) is 0 Å². The van der Waals surface area contributed by atoms with Crippen molar-refractivity contribution < 1.29 is 4.92 Å². The van der Waals surface area contributed by atoms with E-state index in [-0.39, 0.29) is 5.82 Å². The molecule has 5 heteroatoms. The molecule has 1 heterocycles. The van der Waals surface area contributed by atoms with Crippen LogP contribution >= 0.6 is 11.3 Å². The van der Waals surface area contributed by atoms with Crippen LogP contribution in [-0.4, -0.2) is 9.91 Å². The molecular weight excluding hydrogens is 200 g/mol.